The monoisotopic (exact) mass is 323 g/mol. The summed E-state index contributed by atoms with van der Waals surface area (Å²) < 4.78 is 6.56. The molecule has 0 heterocycles. The standard InChI is InChI=1S/C17H10BrNO/c18-17-10-16(8-6-14(17)11-19)20-15-7-5-12-3-1-2-4-13(12)9-15/h1-10H. The van der Waals surface area contributed by atoms with E-state index in [0.717, 1.165) is 15.6 Å². The van der Waals surface area contributed by atoms with Gasteiger partial charge in [-0.15, -0.1) is 0 Å². The van der Waals surface area contributed by atoms with Crippen LogP contribution >= 0.6 is 15.9 Å². The maximum Gasteiger partial charge on any atom is 0.128 e. The Morgan fingerprint density at radius 2 is 1.55 bits per heavy atom. The zero-order chi connectivity index (χ0) is 13.9. The van der Waals surface area contributed by atoms with Gasteiger partial charge in [-0.3, -0.25) is 0 Å². The van der Waals surface area contributed by atoms with Crippen molar-refractivity contribution in [1.82, 2.24) is 0 Å². The first-order valence-electron chi connectivity index (χ1n) is 6.12. The summed E-state index contributed by atoms with van der Waals surface area (Å²) in [6.07, 6.45) is 0. The van der Waals surface area contributed by atoms with Gasteiger partial charge >= 0.3 is 0 Å². The quantitative estimate of drug-likeness (QED) is 0.643. The summed E-state index contributed by atoms with van der Waals surface area (Å²) >= 11 is 3.36. The minimum absolute atomic E-state index is 0.593. The van der Waals surface area contributed by atoms with E-state index < -0.39 is 0 Å². The first-order valence-corrected chi connectivity index (χ1v) is 6.92. The van der Waals surface area contributed by atoms with Crippen LogP contribution in [0.5, 0.6) is 11.5 Å². The van der Waals surface area contributed by atoms with E-state index >= 15 is 0 Å². The highest BCUT2D eigenvalue weighted by Crippen LogP contribution is 2.28. The van der Waals surface area contributed by atoms with Crippen molar-refractivity contribution in [2.45, 2.75) is 0 Å². The van der Waals surface area contributed by atoms with Crippen LogP contribution in [-0.4, -0.2) is 0 Å². The molecule has 3 aromatic carbocycles. The molecule has 0 fully saturated rings. The molecule has 0 N–H and O–H groups in total. The molecule has 0 amide bonds. The smallest absolute Gasteiger partial charge is 0.128 e. The van der Waals surface area contributed by atoms with Crippen LogP contribution in [0.4, 0.5) is 0 Å². The molecule has 96 valence electrons. The number of halogens is 1. The van der Waals surface area contributed by atoms with E-state index in [1.54, 1.807) is 18.2 Å². The molecule has 0 aliphatic carbocycles. The predicted molar refractivity (Wildman–Crippen MR) is 82.9 cm³/mol. The zero-order valence-electron chi connectivity index (χ0n) is 10.5. The number of benzene rings is 3. The van der Waals surface area contributed by atoms with Crippen LogP contribution in [-0.2, 0) is 0 Å². The molecule has 0 atom stereocenters. The number of hydrogen-bond donors (Lipinski definition) is 0. The summed E-state index contributed by atoms with van der Waals surface area (Å²) in [5, 5.41) is 11.2. The van der Waals surface area contributed by atoms with Gasteiger partial charge in [-0.2, -0.15) is 5.26 Å². The summed E-state index contributed by atoms with van der Waals surface area (Å²) in [6, 6.07) is 21.5. The highest BCUT2D eigenvalue weighted by molar-refractivity contribution is 9.10. The third-order valence-corrected chi connectivity index (χ3v) is 3.67. The first kappa shape index (κ1) is 12.7. The number of rotatable bonds is 2. The fourth-order valence-electron chi connectivity index (χ4n) is 2.02. The second-order valence-electron chi connectivity index (χ2n) is 4.36. The van der Waals surface area contributed by atoms with Crippen molar-refractivity contribution in [3.63, 3.8) is 0 Å². The van der Waals surface area contributed by atoms with E-state index in [2.05, 4.69) is 34.1 Å². The van der Waals surface area contributed by atoms with Crippen LogP contribution in [0.3, 0.4) is 0 Å². The molecule has 0 saturated heterocycles. The van der Waals surface area contributed by atoms with Crippen molar-refractivity contribution >= 4 is 26.7 Å². The fourth-order valence-corrected chi connectivity index (χ4v) is 2.46. The molecule has 3 rings (SSSR count). The van der Waals surface area contributed by atoms with E-state index in [1.165, 1.54) is 5.39 Å². The van der Waals surface area contributed by atoms with Crippen molar-refractivity contribution in [3.8, 4) is 17.6 Å². The van der Waals surface area contributed by atoms with Gasteiger partial charge in [-0.1, -0.05) is 30.3 Å². The predicted octanol–water partition coefficient (Wildman–Crippen LogP) is 5.27. The molecule has 3 heteroatoms. The van der Waals surface area contributed by atoms with Crippen molar-refractivity contribution in [3.05, 3.63) is 70.7 Å². The van der Waals surface area contributed by atoms with Crippen LogP contribution < -0.4 is 4.74 Å². The van der Waals surface area contributed by atoms with Gasteiger partial charge in [0.05, 0.1) is 5.56 Å². The molecule has 0 bridgehead atoms. The summed E-state index contributed by atoms with van der Waals surface area (Å²) in [5.41, 5.74) is 0.593. The number of hydrogen-bond acceptors (Lipinski definition) is 2. The van der Waals surface area contributed by atoms with Crippen molar-refractivity contribution in [1.29, 1.82) is 5.26 Å². The van der Waals surface area contributed by atoms with E-state index in [4.69, 9.17) is 10.00 Å². The van der Waals surface area contributed by atoms with Gasteiger partial charge < -0.3 is 4.74 Å². The van der Waals surface area contributed by atoms with Crippen molar-refractivity contribution in [2.24, 2.45) is 0 Å². The number of fused-ring (bicyclic) bond motifs is 1. The largest absolute Gasteiger partial charge is 0.457 e. The van der Waals surface area contributed by atoms with Gasteiger partial charge in [0.1, 0.15) is 17.6 Å². The second-order valence-corrected chi connectivity index (χ2v) is 5.22. The molecule has 20 heavy (non-hydrogen) atoms. The zero-order valence-corrected chi connectivity index (χ0v) is 12.1. The summed E-state index contributed by atoms with van der Waals surface area (Å²) in [5.74, 6) is 1.48. The molecule has 3 aromatic rings. The van der Waals surface area contributed by atoms with E-state index in [1.807, 2.05) is 30.3 Å². The van der Waals surface area contributed by atoms with E-state index in [0.29, 0.717) is 11.3 Å². The van der Waals surface area contributed by atoms with Crippen LogP contribution in [0.25, 0.3) is 10.8 Å². The molecule has 0 aliphatic rings. The van der Waals surface area contributed by atoms with E-state index in [-0.39, 0.29) is 0 Å². The van der Waals surface area contributed by atoms with E-state index in [9.17, 15) is 0 Å². The Hall–Kier alpha value is -2.31. The van der Waals surface area contributed by atoms with Gasteiger partial charge in [0.2, 0.25) is 0 Å². The van der Waals surface area contributed by atoms with Gasteiger partial charge in [-0.25, -0.2) is 0 Å². The van der Waals surface area contributed by atoms with Crippen LogP contribution in [0, 0.1) is 11.3 Å². The minimum Gasteiger partial charge on any atom is -0.457 e. The Labute approximate surface area is 125 Å². The van der Waals surface area contributed by atoms with Gasteiger partial charge in [0.25, 0.3) is 0 Å². The Bertz CT molecular complexity index is 821. The third-order valence-electron chi connectivity index (χ3n) is 3.02. The third kappa shape index (κ3) is 2.52. The number of nitrogens with zero attached hydrogens (tertiary/aromatic N) is 1. The molecule has 0 aromatic heterocycles. The minimum atomic E-state index is 0.593. The van der Waals surface area contributed by atoms with Crippen LogP contribution in [0.1, 0.15) is 5.56 Å². The SMILES string of the molecule is N#Cc1ccc(Oc2ccc3ccccc3c2)cc1Br. The lowest BCUT2D eigenvalue weighted by molar-refractivity contribution is 0.483. The average Bonchev–Trinajstić information content (AvgIpc) is 2.47. The Morgan fingerprint density at radius 3 is 2.30 bits per heavy atom. The van der Waals surface area contributed by atoms with Gasteiger partial charge in [0, 0.05) is 4.47 Å². The highest BCUT2D eigenvalue weighted by Gasteiger charge is 2.03. The summed E-state index contributed by atoms with van der Waals surface area (Å²) in [7, 11) is 0. The van der Waals surface area contributed by atoms with Crippen molar-refractivity contribution in [2.75, 3.05) is 0 Å². The lowest BCUT2D eigenvalue weighted by Crippen LogP contribution is -1.86. The summed E-state index contributed by atoms with van der Waals surface area (Å²) in [6.45, 7) is 0. The maximum absolute atomic E-state index is 8.90. The topological polar surface area (TPSA) is 33.0 Å². The lowest BCUT2D eigenvalue weighted by Gasteiger charge is -2.07. The number of ether oxygens (including phenoxy) is 1. The lowest BCUT2D eigenvalue weighted by atomic mass is 10.1. The van der Waals surface area contributed by atoms with Gasteiger partial charge in [-0.05, 0) is 57.0 Å². The van der Waals surface area contributed by atoms with Crippen LogP contribution in [0.2, 0.25) is 0 Å². The molecule has 0 saturated carbocycles. The normalized spacial score (nSPS) is 10.2. The summed E-state index contributed by atoms with van der Waals surface area (Å²) in [4.78, 5) is 0. The highest BCUT2D eigenvalue weighted by atomic mass is 79.9. The second kappa shape index (κ2) is 5.36. The molecule has 0 radical (unpaired) electrons. The molecule has 2 nitrogen and oxygen atoms in total. The van der Waals surface area contributed by atoms with Crippen molar-refractivity contribution < 1.29 is 4.74 Å². The maximum atomic E-state index is 8.90. The fraction of sp³-hybridized carbons (Fsp3) is 0. The average molecular weight is 324 g/mol. The Morgan fingerprint density at radius 1 is 0.850 bits per heavy atom. The Balaban J connectivity index is 1.93. The first-order chi connectivity index (χ1) is 9.76. The van der Waals surface area contributed by atoms with Gasteiger partial charge in [0.15, 0.2) is 0 Å². The molecular weight excluding hydrogens is 314 g/mol. The molecular formula is C17H10BrNO. The molecule has 0 unspecified atom stereocenters. The molecule has 0 spiro atoms. The number of nitriles is 1. The van der Waals surface area contributed by atoms with Crippen LogP contribution in [0.15, 0.2) is 65.1 Å². The molecule has 0 aliphatic heterocycles. The Kier molecular flexibility index (Phi) is 3.41.